The molecule has 0 bridgehead atoms. The van der Waals surface area contributed by atoms with Crippen LogP contribution in [-0.4, -0.2) is 18.1 Å². The number of pyridine rings is 1. The van der Waals surface area contributed by atoms with Crippen molar-refractivity contribution in [2.24, 2.45) is 0 Å². The molecule has 0 aromatic carbocycles. The first-order valence-electron chi connectivity index (χ1n) is 4.54. The molecule has 2 nitrogen and oxygen atoms in total. The number of hydrogen-bond donors (Lipinski definition) is 1. The lowest BCUT2D eigenvalue weighted by Gasteiger charge is -2.13. The number of nitrogens with one attached hydrogen (secondary N) is 1. The van der Waals surface area contributed by atoms with Gasteiger partial charge in [0.25, 0.3) is 0 Å². The third-order valence-electron chi connectivity index (χ3n) is 2.18. The van der Waals surface area contributed by atoms with Gasteiger partial charge >= 0.3 is 0 Å². The van der Waals surface area contributed by atoms with Crippen LogP contribution >= 0.6 is 15.9 Å². The Balaban J connectivity index is 2.67. The first-order valence-corrected chi connectivity index (χ1v) is 5.33. The van der Waals surface area contributed by atoms with Crippen molar-refractivity contribution in [2.75, 3.05) is 7.05 Å². The molecule has 1 aromatic rings. The Bertz CT molecular complexity index is 259. The van der Waals surface area contributed by atoms with Gasteiger partial charge in [-0.1, -0.05) is 6.92 Å². The SMILES string of the molecule is CCC(Cc1ncccc1Br)NC. The smallest absolute Gasteiger partial charge is 0.0560 e. The first kappa shape index (κ1) is 10.7. The summed E-state index contributed by atoms with van der Waals surface area (Å²) in [7, 11) is 1.99. The summed E-state index contributed by atoms with van der Waals surface area (Å²) in [6.07, 6.45) is 3.94. The third kappa shape index (κ3) is 3.08. The second kappa shape index (κ2) is 5.35. The molecule has 0 saturated heterocycles. The highest BCUT2D eigenvalue weighted by Gasteiger charge is 2.07. The summed E-state index contributed by atoms with van der Waals surface area (Å²) in [6, 6.07) is 4.49. The molecule has 1 rings (SSSR count). The summed E-state index contributed by atoms with van der Waals surface area (Å²) in [6.45, 7) is 2.18. The third-order valence-corrected chi connectivity index (χ3v) is 2.90. The van der Waals surface area contributed by atoms with E-state index < -0.39 is 0 Å². The van der Waals surface area contributed by atoms with Gasteiger partial charge in [0, 0.05) is 23.1 Å². The van der Waals surface area contributed by atoms with Gasteiger partial charge in [0.1, 0.15) is 0 Å². The summed E-state index contributed by atoms with van der Waals surface area (Å²) >= 11 is 3.49. The molecule has 1 heterocycles. The van der Waals surface area contributed by atoms with Gasteiger partial charge in [-0.05, 0) is 41.5 Å². The van der Waals surface area contributed by atoms with E-state index in [4.69, 9.17) is 0 Å². The summed E-state index contributed by atoms with van der Waals surface area (Å²) < 4.78 is 1.10. The average molecular weight is 243 g/mol. The van der Waals surface area contributed by atoms with Gasteiger partial charge in [0.15, 0.2) is 0 Å². The van der Waals surface area contributed by atoms with Crippen molar-refractivity contribution in [1.29, 1.82) is 0 Å². The number of halogens is 1. The van der Waals surface area contributed by atoms with E-state index in [1.165, 1.54) is 0 Å². The fourth-order valence-corrected chi connectivity index (χ4v) is 1.67. The molecule has 3 heteroatoms. The number of hydrogen-bond acceptors (Lipinski definition) is 2. The van der Waals surface area contributed by atoms with Crippen LogP contribution in [0.25, 0.3) is 0 Å². The fraction of sp³-hybridized carbons (Fsp3) is 0.500. The van der Waals surface area contributed by atoms with Crippen LogP contribution in [0.2, 0.25) is 0 Å². The minimum Gasteiger partial charge on any atom is -0.317 e. The standard InChI is InChI=1S/C10H15BrN2/c1-3-8(12-2)7-10-9(11)5-4-6-13-10/h4-6,8,12H,3,7H2,1-2H3. The highest BCUT2D eigenvalue weighted by Crippen LogP contribution is 2.15. The zero-order valence-corrected chi connectivity index (χ0v) is 9.63. The lowest BCUT2D eigenvalue weighted by atomic mass is 10.1. The molecule has 0 saturated carbocycles. The van der Waals surface area contributed by atoms with Crippen molar-refractivity contribution in [2.45, 2.75) is 25.8 Å². The van der Waals surface area contributed by atoms with Crippen LogP contribution in [0, 0.1) is 0 Å². The van der Waals surface area contributed by atoms with Crippen LogP contribution in [0.4, 0.5) is 0 Å². The Morgan fingerprint density at radius 3 is 2.92 bits per heavy atom. The van der Waals surface area contributed by atoms with E-state index in [-0.39, 0.29) is 0 Å². The first-order chi connectivity index (χ1) is 6.27. The number of aromatic nitrogens is 1. The van der Waals surface area contributed by atoms with Gasteiger partial charge in [-0.15, -0.1) is 0 Å². The molecule has 1 unspecified atom stereocenters. The summed E-state index contributed by atoms with van der Waals surface area (Å²) in [5, 5.41) is 3.27. The van der Waals surface area contributed by atoms with Crippen molar-refractivity contribution in [3.05, 3.63) is 28.5 Å². The van der Waals surface area contributed by atoms with Gasteiger partial charge in [-0.3, -0.25) is 4.98 Å². The predicted octanol–water partition coefficient (Wildman–Crippen LogP) is 2.38. The van der Waals surface area contributed by atoms with E-state index in [2.05, 4.69) is 33.2 Å². The maximum absolute atomic E-state index is 4.33. The van der Waals surface area contributed by atoms with Gasteiger partial charge in [-0.2, -0.15) is 0 Å². The molecule has 0 spiro atoms. The van der Waals surface area contributed by atoms with Crippen LogP contribution in [0.15, 0.2) is 22.8 Å². The largest absolute Gasteiger partial charge is 0.317 e. The zero-order valence-electron chi connectivity index (χ0n) is 8.05. The lowest BCUT2D eigenvalue weighted by Crippen LogP contribution is -2.27. The van der Waals surface area contributed by atoms with Crippen LogP contribution in [-0.2, 0) is 6.42 Å². The fourth-order valence-electron chi connectivity index (χ4n) is 1.25. The Morgan fingerprint density at radius 2 is 2.38 bits per heavy atom. The number of rotatable bonds is 4. The Hall–Kier alpha value is -0.410. The molecule has 72 valence electrons. The van der Waals surface area contributed by atoms with Gasteiger partial charge < -0.3 is 5.32 Å². The van der Waals surface area contributed by atoms with E-state index in [9.17, 15) is 0 Å². The highest BCUT2D eigenvalue weighted by molar-refractivity contribution is 9.10. The topological polar surface area (TPSA) is 24.9 Å². The second-order valence-corrected chi connectivity index (χ2v) is 3.88. The van der Waals surface area contributed by atoms with Crippen molar-refractivity contribution in [3.63, 3.8) is 0 Å². The van der Waals surface area contributed by atoms with Crippen molar-refractivity contribution in [3.8, 4) is 0 Å². The number of likely N-dealkylation sites (N-methyl/N-ethyl adjacent to an activating group) is 1. The molecule has 0 aliphatic carbocycles. The minimum atomic E-state index is 0.520. The predicted molar refractivity (Wildman–Crippen MR) is 58.8 cm³/mol. The Morgan fingerprint density at radius 1 is 1.62 bits per heavy atom. The molecule has 0 aliphatic heterocycles. The minimum absolute atomic E-state index is 0.520. The van der Waals surface area contributed by atoms with Gasteiger partial charge in [-0.25, -0.2) is 0 Å². The van der Waals surface area contributed by atoms with Crippen molar-refractivity contribution < 1.29 is 0 Å². The zero-order chi connectivity index (χ0) is 9.68. The quantitative estimate of drug-likeness (QED) is 0.878. The number of nitrogens with zero attached hydrogens (tertiary/aromatic N) is 1. The molecule has 0 radical (unpaired) electrons. The van der Waals surface area contributed by atoms with Crippen LogP contribution in [0.3, 0.4) is 0 Å². The monoisotopic (exact) mass is 242 g/mol. The van der Waals surface area contributed by atoms with Gasteiger partial charge in [0.2, 0.25) is 0 Å². The van der Waals surface area contributed by atoms with Crippen molar-refractivity contribution >= 4 is 15.9 Å². The molecule has 13 heavy (non-hydrogen) atoms. The van der Waals surface area contributed by atoms with E-state index in [1.807, 2.05) is 25.4 Å². The van der Waals surface area contributed by atoms with Crippen LogP contribution in [0.5, 0.6) is 0 Å². The van der Waals surface area contributed by atoms with E-state index >= 15 is 0 Å². The average Bonchev–Trinajstić information content (AvgIpc) is 2.17. The van der Waals surface area contributed by atoms with E-state index in [0.717, 1.165) is 23.0 Å². The maximum Gasteiger partial charge on any atom is 0.0560 e. The molecule has 1 aromatic heterocycles. The molecule has 0 amide bonds. The maximum atomic E-state index is 4.33. The summed E-state index contributed by atoms with van der Waals surface area (Å²) in [4.78, 5) is 4.33. The van der Waals surface area contributed by atoms with Crippen molar-refractivity contribution in [1.82, 2.24) is 10.3 Å². The second-order valence-electron chi connectivity index (χ2n) is 3.03. The molecule has 0 aliphatic rings. The molecule has 0 fully saturated rings. The molecular weight excluding hydrogens is 228 g/mol. The molecule has 1 atom stereocenters. The van der Waals surface area contributed by atoms with E-state index in [0.29, 0.717) is 6.04 Å². The van der Waals surface area contributed by atoms with E-state index in [1.54, 1.807) is 0 Å². The Kier molecular flexibility index (Phi) is 4.39. The van der Waals surface area contributed by atoms with Crippen LogP contribution < -0.4 is 5.32 Å². The van der Waals surface area contributed by atoms with Gasteiger partial charge in [0.05, 0.1) is 5.69 Å². The molecule has 1 N–H and O–H groups in total. The lowest BCUT2D eigenvalue weighted by molar-refractivity contribution is 0.536. The molecular formula is C10H15BrN2. The Labute approximate surface area is 87.9 Å². The summed E-state index contributed by atoms with van der Waals surface area (Å²) in [5.74, 6) is 0. The highest BCUT2D eigenvalue weighted by atomic mass is 79.9. The van der Waals surface area contributed by atoms with Crippen LogP contribution in [0.1, 0.15) is 19.0 Å². The normalized spacial score (nSPS) is 12.8. The summed E-state index contributed by atoms with van der Waals surface area (Å²) in [5.41, 5.74) is 1.13.